The summed E-state index contributed by atoms with van der Waals surface area (Å²) in [6, 6.07) is 6.62. The monoisotopic (exact) mass is 614 g/mol. The van der Waals surface area contributed by atoms with Gasteiger partial charge < -0.3 is 54.1 Å². The van der Waals surface area contributed by atoms with Crippen molar-refractivity contribution in [2.75, 3.05) is 6.61 Å². The lowest BCUT2D eigenvalue weighted by molar-refractivity contribution is -0.277. The first-order chi connectivity index (χ1) is 21.1. The van der Waals surface area contributed by atoms with Crippen molar-refractivity contribution >= 4 is 21.9 Å². The summed E-state index contributed by atoms with van der Waals surface area (Å²) in [5.41, 5.74) is -0.699. The highest BCUT2D eigenvalue weighted by molar-refractivity contribution is 5.99. The Morgan fingerprint density at radius 1 is 0.841 bits per heavy atom. The number of aryl methyl sites for hydroxylation is 1. The van der Waals surface area contributed by atoms with Gasteiger partial charge in [0.15, 0.2) is 17.1 Å². The van der Waals surface area contributed by atoms with Crippen LogP contribution in [0, 0.1) is 0 Å². The summed E-state index contributed by atoms with van der Waals surface area (Å²) < 4.78 is 23.3. The van der Waals surface area contributed by atoms with Crippen molar-refractivity contribution in [1.82, 2.24) is 0 Å². The SMILES string of the molecule is CCCCCCCCCc1cc2c(-c3oc4cc(O)cc(O)c4c(=O)c3O[C@@H]3OC(CO)[C@H](O)[C@@H](O)[C@@H]3O)ccc(O)c2o1. The van der Waals surface area contributed by atoms with Gasteiger partial charge in [-0.2, -0.15) is 0 Å². The van der Waals surface area contributed by atoms with Crippen molar-refractivity contribution in [2.45, 2.75) is 89.0 Å². The minimum absolute atomic E-state index is 0.140. The first-order valence-corrected chi connectivity index (χ1v) is 14.9. The predicted molar refractivity (Wildman–Crippen MR) is 159 cm³/mol. The summed E-state index contributed by atoms with van der Waals surface area (Å²) in [4.78, 5) is 13.8. The number of ether oxygens (including phenoxy) is 2. The van der Waals surface area contributed by atoms with Crippen LogP contribution in [0.15, 0.2) is 44.0 Å². The van der Waals surface area contributed by atoms with Gasteiger partial charge in [-0.3, -0.25) is 4.79 Å². The van der Waals surface area contributed by atoms with Gasteiger partial charge in [0.25, 0.3) is 0 Å². The van der Waals surface area contributed by atoms with E-state index < -0.39 is 54.2 Å². The first kappa shape index (κ1) is 31.6. The summed E-state index contributed by atoms with van der Waals surface area (Å²) in [7, 11) is 0. The van der Waals surface area contributed by atoms with Crippen molar-refractivity contribution < 1.29 is 54.1 Å². The number of hydrogen-bond acceptors (Lipinski definition) is 12. The molecule has 44 heavy (non-hydrogen) atoms. The van der Waals surface area contributed by atoms with E-state index in [1.807, 2.05) is 0 Å². The predicted octanol–water partition coefficient (Wildman–Crippen LogP) is 3.79. The van der Waals surface area contributed by atoms with Crippen LogP contribution in [0.25, 0.3) is 33.3 Å². The fourth-order valence-corrected chi connectivity index (χ4v) is 5.57. The van der Waals surface area contributed by atoms with Crippen molar-refractivity contribution in [1.29, 1.82) is 0 Å². The van der Waals surface area contributed by atoms with E-state index in [9.17, 15) is 40.5 Å². The Kier molecular flexibility index (Phi) is 9.66. The molecule has 1 unspecified atom stereocenters. The third kappa shape index (κ3) is 6.21. The lowest BCUT2D eigenvalue weighted by Crippen LogP contribution is -2.60. The Labute approximate surface area is 252 Å². The molecule has 7 N–H and O–H groups in total. The van der Waals surface area contributed by atoms with Gasteiger partial charge in [0.05, 0.1) is 6.61 Å². The summed E-state index contributed by atoms with van der Waals surface area (Å²) >= 11 is 0. The highest BCUT2D eigenvalue weighted by Crippen LogP contribution is 2.42. The fourth-order valence-electron chi connectivity index (χ4n) is 5.57. The van der Waals surface area contributed by atoms with Gasteiger partial charge in [-0.05, 0) is 24.6 Å². The van der Waals surface area contributed by atoms with Gasteiger partial charge >= 0.3 is 0 Å². The molecule has 12 nitrogen and oxygen atoms in total. The molecule has 12 heteroatoms. The molecule has 1 fully saturated rings. The van der Waals surface area contributed by atoms with Gasteiger partial charge in [-0.15, -0.1) is 0 Å². The molecule has 3 heterocycles. The van der Waals surface area contributed by atoms with E-state index in [2.05, 4.69) is 6.92 Å². The number of aliphatic hydroxyl groups excluding tert-OH is 4. The van der Waals surface area contributed by atoms with Crippen LogP contribution in [0.1, 0.15) is 57.6 Å². The van der Waals surface area contributed by atoms with Crippen LogP contribution in [0.5, 0.6) is 23.0 Å². The lowest BCUT2D eigenvalue weighted by atomic mass is 9.99. The third-order valence-corrected chi connectivity index (χ3v) is 7.99. The van der Waals surface area contributed by atoms with E-state index in [1.54, 1.807) is 6.07 Å². The maximum atomic E-state index is 13.8. The number of phenols is 3. The van der Waals surface area contributed by atoms with Crippen LogP contribution in [0.3, 0.4) is 0 Å². The molecule has 1 saturated heterocycles. The summed E-state index contributed by atoms with van der Waals surface area (Å²) in [6.07, 6.45) is 0.0420. The Hall–Kier alpha value is -3.81. The molecule has 5 rings (SSSR count). The van der Waals surface area contributed by atoms with Crippen LogP contribution in [0.4, 0.5) is 0 Å². The minimum Gasteiger partial charge on any atom is -0.508 e. The largest absolute Gasteiger partial charge is 0.508 e. The zero-order valence-electron chi connectivity index (χ0n) is 24.3. The zero-order valence-corrected chi connectivity index (χ0v) is 24.3. The Bertz CT molecular complexity index is 1660. The van der Waals surface area contributed by atoms with Gasteiger partial charge in [0.2, 0.25) is 17.5 Å². The normalized spacial score (nSPS) is 22.2. The van der Waals surface area contributed by atoms with Crippen molar-refractivity contribution in [3.8, 4) is 34.3 Å². The van der Waals surface area contributed by atoms with Crippen LogP contribution in [0.2, 0.25) is 0 Å². The smallest absolute Gasteiger partial charge is 0.239 e. The second-order valence-electron chi connectivity index (χ2n) is 11.2. The molecule has 238 valence electrons. The second kappa shape index (κ2) is 13.4. The van der Waals surface area contributed by atoms with Crippen molar-refractivity contribution in [3.63, 3.8) is 0 Å². The third-order valence-electron chi connectivity index (χ3n) is 7.99. The van der Waals surface area contributed by atoms with Crippen molar-refractivity contribution in [2.24, 2.45) is 0 Å². The Morgan fingerprint density at radius 3 is 2.30 bits per heavy atom. The standard InChI is InChI=1S/C32H38O12/c1-2-3-4-5-6-7-8-9-17-14-19-18(10-11-20(35)29(19)41-17)30-31(26(38)24-21(36)12-16(34)13-22(24)42-30)44-32-28(40)27(39)25(37)23(15-33)43-32/h10-14,23,25,27-28,32-37,39-40H,2-9,15H2,1H3/t23?,25-,27+,28-,32-/m0/s1. The average Bonchev–Trinajstić information content (AvgIpc) is 3.43. The molecule has 1 aliphatic heterocycles. The van der Waals surface area contributed by atoms with E-state index in [1.165, 1.54) is 37.8 Å². The van der Waals surface area contributed by atoms with Gasteiger partial charge in [0.1, 0.15) is 52.6 Å². The number of phenolic OH excluding ortho intramolecular Hbond substituents is 3. The maximum Gasteiger partial charge on any atom is 0.239 e. The van der Waals surface area contributed by atoms with Crippen molar-refractivity contribution in [3.05, 3.63) is 46.3 Å². The van der Waals surface area contributed by atoms with E-state index in [4.69, 9.17) is 18.3 Å². The van der Waals surface area contributed by atoms with Crippen LogP contribution in [-0.2, 0) is 11.2 Å². The highest BCUT2D eigenvalue weighted by Gasteiger charge is 2.45. The van der Waals surface area contributed by atoms with Gasteiger partial charge in [-0.1, -0.05) is 45.4 Å². The second-order valence-corrected chi connectivity index (χ2v) is 11.2. The molecule has 0 spiro atoms. The number of aromatic hydroxyl groups is 3. The number of aliphatic hydroxyl groups is 4. The average molecular weight is 615 g/mol. The molecule has 0 saturated carbocycles. The van der Waals surface area contributed by atoms with E-state index in [0.29, 0.717) is 17.6 Å². The molecule has 2 aromatic heterocycles. The summed E-state index contributed by atoms with van der Waals surface area (Å²) in [5, 5.41) is 71.9. The number of unbranched alkanes of at least 4 members (excludes halogenated alkanes) is 6. The molecule has 0 amide bonds. The molecule has 4 aromatic rings. The number of furan rings is 1. The number of rotatable bonds is 12. The molecular formula is C32H38O12. The number of hydrogen-bond donors (Lipinski definition) is 7. The molecular weight excluding hydrogens is 576 g/mol. The quantitative estimate of drug-likeness (QED) is 0.114. The Balaban J connectivity index is 1.57. The topological polar surface area (TPSA) is 203 Å². The molecule has 0 radical (unpaired) electrons. The zero-order chi connectivity index (χ0) is 31.5. The van der Waals surface area contributed by atoms with Crippen LogP contribution in [-0.4, -0.2) is 73.1 Å². The Morgan fingerprint density at radius 2 is 1.57 bits per heavy atom. The molecule has 5 atom stereocenters. The maximum absolute atomic E-state index is 13.8. The molecule has 2 aromatic carbocycles. The fraction of sp³-hybridized carbons (Fsp3) is 0.469. The minimum atomic E-state index is -1.84. The number of fused-ring (bicyclic) bond motifs is 2. The first-order valence-electron chi connectivity index (χ1n) is 14.9. The van der Waals surface area contributed by atoms with Crippen LogP contribution < -0.4 is 10.2 Å². The molecule has 0 bridgehead atoms. The molecule has 0 aliphatic carbocycles. The van der Waals surface area contributed by atoms with Gasteiger partial charge in [-0.25, -0.2) is 0 Å². The lowest BCUT2D eigenvalue weighted by Gasteiger charge is -2.39. The van der Waals surface area contributed by atoms with Gasteiger partial charge in [0, 0.05) is 29.5 Å². The number of benzene rings is 2. The van der Waals surface area contributed by atoms with E-state index >= 15 is 0 Å². The van der Waals surface area contributed by atoms with Crippen LogP contribution >= 0.6 is 0 Å². The highest BCUT2D eigenvalue weighted by atomic mass is 16.7. The van der Waals surface area contributed by atoms with E-state index in [0.717, 1.165) is 31.4 Å². The summed E-state index contributed by atoms with van der Waals surface area (Å²) in [5.74, 6) is -1.27. The molecule has 1 aliphatic rings. The van der Waals surface area contributed by atoms with E-state index in [-0.39, 0.29) is 39.4 Å². The summed E-state index contributed by atoms with van der Waals surface area (Å²) in [6.45, 7) is 1.45.